The molecule has 0 aliphatic rings. The topological polar surface area (TPSA) is 59.1 Å². The Morgan fingerprint density at radius 1 is 0.571 bits per heavy atom. The van der Waals surface area contributed by atoms with Gasteiger partial charge in [0.15, 0.2) is 0 Å². The maximum absolute atomic E-state index is 6.26. The number of nitrogens with zero attached hydrogens (tertiary/aromatic N) is 2. The van der Waals surface area contributed by atoms with E-state index in [1.165, 1.54) is 16.5 Å². The van der Waals surface area contributed by atoms with Gasteiger partial charge in [-0.15, -0.1) is 37.2 Å². The summed E-state index contributed by atoms with van der Waals surface area (Å²) >= 11 is 6.26. The van der Waals surface area contributed by atoms with E-state index >= 15 is 0 Å². The van der Waals surface area contributed by atoms with Gasteiger partial charge >= 0.3 is 0 Å². The highest BCUT2D eigenvalue weighted by molar-refractivity contribution is 6.31. The van der Waals surface area contributed by atoms with Crippen LogP contribution in [0.3, 0.4) is 0 Å². The molecule has 220 valence electrons. The minimum atomic E-state index is 0. The Balaban J connectivity index is 0.00000161. The van der Waals surface area contributed by atoms with Crippen molar-refractivity contribution in [1.82, 2.24) is 9.97 Å². The molecular formula is C33H34Cl4N4O. The molecule has 0 aliphatic heterocycles. The van der Waals surface area contributed by atoms with Crippen molar-refractivity contribution in [2.24, 2.45) is 0 Å². The second-order valence-corrected chi connectivity index (χ2v) is 10.3. The molecule has 6 aromatic rings. The lowest BCUT2D eigenvalue weighted by atomic mass is 10.1. The summed E-state index contributed by atoms with van der Waals surface area (Å²) in [7, 11) is 1.69. The lowest BCUT2D eigenvalue weighted by Crippen LogP contribution is -2.05. The molecule has 4 aromatic carbocycles. The van der Waals surface area contributed by atoms with Crippen LogP contribution in [-0.2, 0) is 0 Å². The van der Waals surface area contributed by atoms with Crippen LogP contribution >= 0.6 is 48.8 Å². The molecule has 2 heterocycles. The number of halogens is 4. The second kappa shape index (κ2) is 15.3. The molecule has 6 rings (SSSR count). The van der Waals surface area contributed by atoms with E-state index in [1.807, 2.05) is 42.5 Å². The Hall–Kier alpha value is -3.22. The fourth-order valence-corrected chi connectivity index (χ4v) is 5.44. The summed E-state index contributed by atoms with van der Waals surface area (Å²) in [6, 6.07) is 28.6. The average molecular weight is 644 g/mol. The second-order valence-electron chi connectivity index (χ2n) is 9.82. The van der Waals surface area contributed by atoms with Crippen LogP contribution in [0.4, 0.5) is 11.4 Å². The van der Waals surface area contributed by atoms with Crippen LogP contribution in [0.5, 0.6) is 5.75 Å². The minimum Gasteiger partial charge on any atom is -0.497 e. The number of ether oxygens (including phenoxy) is 1. The Morgan fingerprint density at radius 2 is 1.10 bits per heavy atom. The van der Waals surface area contributed by atoms with Gasteiger partial charge in [-0.05, 0) is 61.4 Å². The number of hydrogen-bond donors (Lipinski definition) is 2. The van der Waals surface area contributed by atoms with E-state index in [-0.39, 0.29) is 37.2 Å². The van der Waals surface area contributed by atoms with E-state index in [1.54, 1.807) is 7.11 Å². The number of nitrogens with one attached hydrogen (secondary N) is 2. The smallest absolute Gasteiger partial charge is 0.119 e. The molecule has 0 aliphatic carbocycles. The number of para-hydroxylation sites is 2. The van der Waals surface area contributed by atoms with E-state index in [2.05, 4.69) is 53.1 Å². The first kappa shape index (κ1) is 33.3. The Morgan fingerprint density at radius 3 is 1.71 bits per heavy atom. The van der Waals surface area contributed by atoms with E-state index in [0.29, 0.717) is 5.02 Å². The zero-order chi connectivity index (χ0) is 26.6. The highest BCUT2D eigenvalue weighted by Gasteiger charge is 2.11. The molecule has 5 nitrogen and oxygen atoms in total. The normalized spacial score (nSPS) is 10.6. The highest BCUT2D eigenvalue weighted by Crippen LogP contribution is 2.34. The largest absolute Gasteiger partial charge is 0.497 e. The summed E-state index contributed by atoms with van der Waals surface area (Å²) in [6.07, 6.45) is 4.52. The summed E-state index contributed by atoms with van der Waals surface area (Å²) in [5.74, 6) is 0.822. The van der Waals surface area contributed by atoms with Crippen LogP contribution in [0.1, 0.15) is 25.7 Å². The van der Waals surface area contributed by atoms with Gasteiger partial charge in [-0.1, -0.05) is 60.8 Å². The van der Waals surface area contributed by atoms with Crippen LogP contribution in [0.25, 0.3) is 43.6 Å². The predicted octanol–water partition coefficient (Wildman–Crippen LogP) is 10.1. The van der Waals surface area contributed by atoms with Crippen molar-refractivity contribution in [3.05, 3.63) is 90.0 Å². The Bertz CT molecular complexity index is 1740. The molecule has 42 heavy (non-hydrogen) atoms. The van der Waals surface area contributed by atoms with Crippen molar-refractivity contribution in [1.29, 1.82) is 0 Å². The van der Waals surface area contributed by atoms with Gasteiger partial charge in [-0.2, -0.15) is 0 Å². The molecule has 0 bridgehead atoms. The van der Waals surface area contributed by atoms with Gasteiger partial charge in [-0.3, -0.25) is 0 Å². The standard InChI is InChI=1S/C33H31ClN4O.3ClH/c1-39-23-15-17-30-27(21-23)33(26-16-14-22(34)20-31(26)38-30)36-19-9-3-2-8-18-35-32-24-10-4-6-12-28(24)37-29-13-7-5-11-25(29)32;;;/h4-7,10-17,20-21H,2-3,8-9,18-19H2,1H3,(H,35,37)(H,36,38);3*1H. The molecule has 0 saturated heterocycles. The van der Waals surface area contributed by atoms with Crippen LogP contribution in [0.15, 0.2) is 84.9 Å². The van der Waals surface area contributed by atoms with Gasteiger partial charge in [0.1, 0.15) is 5.75 Å². The fraction of sp³-hybridized carbons (Fsp3) is 0.212. The van der Waals surface area contributed by atoms with Crippen molar-refractivity contribution in [3.63, 3.8) is 0 Å². The minimum absolute atomic E-state index is 0. The summed E-state index contributed by atoms with van der Waals surface area (Å²) in [5, 5.41) is 12.6. The van der Waals surface area contributed by atoms with Gasteiger partial charge in [0.2, 0.25) is 0 Å². The molecular weight excluding hydrogens is 610 g/mol. The molecule has 2 N–H and O–H groups in total. The summed E-state index contributed by atoms with van der Waals surface area (Å²) in [4.78, 5) is 9.65. The van der Waals surface area contributed by atoms with Crippen molar-refractivity contribution < 1.29 is 4.74 Å². The lowest BCUT2D eigenvalue weighted by Gasteiger charge is -2.15. The molecule has 0 radical (unpaired) electrons. The van der Waals surface area contributed by atoms with Crippen LogP contribution in [0, 0.1) is 0 Å². The van der Waals surface area contributed by atoms with Gasteiger partial charge in [0.25, 0.3) is 0 Å². The molecule has 0 spiro atoms. The molecule has 2 aromatic heterocycles. The van der Waals surface area contributed by atoms with Gasteiger partial charge in [0, 0.05) is 39.7 Å². The number of unbranched alkanes of at least 4 members (excludes halogenated alkanes) is 3. The van der Waals surface area contributed by atoms with E-state index in [0.717, 1.165) is 83.0 Å². The number of hydrogen-bond acceptors (Lipinski definition) is 5. The number of pyridine rings is 2. The number of fused-ring (bicyclic) bond motifs is 4. The first-order chi connectivity index (χ1) is 19.2. The SMILES string of the molecule is COc1ccc2nc3cc(Cl)ccc3c(NCCCCCCNc3c4ccccc4nc4ccccc34)c2c1.Cl.Cl.Cl. The molecule has 0 amide bonds. The fourth-order valence-electron chi connectivity index (χ4n) is 5.27. The van der Waals surface area contributed by atoms with Crippen molar-refractivity contribution in [2.45, 2.75) is 25.7 Å². The maximum atomic E-state index is 6.26. The van der Waals surface area contributed by atoms with Gasteiger partial charge in [0.05, 0.1) is 40.6 Å². The van der Waals surface area contributed by atoms with E-state index in [4.69, 9.17) is 26.3 Å². The Labute approximate surface area is 269 Å². The maximum Gasteiger partial charge on any atom is 0.119 e. The first-order valence-corrected chi connectivity index (χ1v) is 13.9. The van der Waals surface area contributed by atoms with Gasteiger partial charge in [-0.25, -0.2) is 9.97 Å². The third kappa shape index (κ3) is 7.04. The number of methoxy groups -OCH3 is 1. The number of anilines is 2. The zero-order valence-corrected chi connectivity index (χ0v) is 26.4. The quantitative estimate of drug-likeness (QED) is 0.115. The van der Waals surface area contributed by atoms with E-state index < -0.39 is 0 Å². The first-order valence-electron chi connectivity index (χ1n) is 13.5. The predicted molar refractivity (Wildman–Crippen MR) is 187 cm³/mol. The molecule has 0 saturated carbocycles. The van der Waals surface area contributed by atoms with Crippen LogP contribution < -0.4 is 15.4 Å². The van der Waals surface area contributed by atoms with Crippen molar-refractivity contribution in [2.75, 3.05) is 30.8 Å². The Kier molecular flexibility index (Phi) is 12.1. The molecule has 9 heteroatoms. The molecule has 0 atom stereocenters. The van der Waals surface area contributed by atoms with Crippen LogP contribution in [0.2, 0.25) is 5.02 Å². The number of aromatic nitrogens is 2. The summed E-state index contributed by atoms with van der Waals surface area (Å²) < 4.78 is 5.48. The highest BCUT2D eigenvalue weighted by atomic mass is 35.5. The van der Waals surface area contributed by atoms with Crippen molar-refractivity contribution in [3.8, 4) is 5.75 Å². The summed E-state index contributed by atoms with van der Waals surface area (Å²) in [5.41, 5.74) is 6.15. The van der Waals surface area contributed by atoms with Crippen LogP contribution in [-0.4, -0.2) is 30.2 Å². The van der Waals surface area contributed by atoms with Crippen molar-refractivity contribution >= 4 is 104 Å². The molecule has 0 unspecified atom stereocenters. The number of benzene rings is 4. The zero-order valence-electron chi connectivity index (χ0n) is 23.2. The third-order valence-electron chi connectivity index (χ3n) is 7.24. The average Bonchev–Trinajstić information content (AvgIpc) is 2.97. The third-order valence-corrected chi connectivity index (χ3v) is 7.47. The van der Waals surface area contributed by atoms with Gasteiger partial charge < -0.3 is 15.4 Å². The van der Waals surface area contributed by atoms with E-state index in [9.17, 15) is 0 Å². The summed E-state index contributed by atoms with van der Waals surface area (Å²) in [6.45, 7) is 1.83. The lowest BCUT2D eigenvalue weighted by molar-refractivity contribution is 0.415. The number of rotatable bonds is 10. The monoisotopic (exact) mass is 642 g/mol. The molecule has 0 fully saturated rings.